The van der Waals surface area contributed by atoms with Gasteiger partial charge in [0.05, 0.1) is 0 Å². The Hall–Kier alpha value is -1.35. The maximum atomic E-state index is 11.2. The van der Waals surface area contributed by atoms with E-state index >= 15 is 0 Å². The lowest BCUT2D eigenvalue weighted by atomic mass is 10.1. The van der Waals surface area contributed by atoms with Gasteiger partial charge in [-0.3, -0.25) is 4.79 Å². The quantitative estimate of drug-likeness (QED) is 0.763. The minimum atomic E-state index is 0.0150. The lowest BCUT2D eigenvalue weighted by Gasteiger charge is -2.05. The first kappa shape index (κ1) is 12.7. The SMILES string of the molecule is Cc1ccc(CCNC(=O)CCCO)cc1. The Labute approximate surface area is 96.5 Å². The molecule has 3 nitrogen and oxygen atoms in total. The van der Waals surface area contributed by atoms with Gasteiger partial charge >= 0.3 is 0 Å². The number of aliphatic hydroxyl groups excluding tert-OH is 1. The Morgan fingerprint density at radius 1 is 1.31 bits per heavy atom. The molecular weight excluding hydrogens is 202 g/mol. The second-order valence-corrected chi connectivity index (χ2v) is 3.91. The highest BCUT2D eigenvalue weighted by Crippen LogP contribution is 2.03. The molecule has 16 heavy (non-hydrogen) atoms. The number of aryl methyl sites for hydroxylation is 1. The van der Waals surface area contributed by atoms with Gasteiger partial charge in [0, 0.05) is 19.6 Å². The molecule has 0 bridgehead atoms. The molecule has 1 aromatic rings. The summed E-state index contributed by atoms with van der Waals surface area (Å²) in [4.78, 5) is 11.2. The van der Waals surface area contributed by atoms with E-state index in [1.807, 2.05) is 0 Å². The number of rotatable bonds is 6. The summed E-state index contributed by atoms with van der Waals surface area (Å²) in [5.41, 5.74) is 2.48. The zero-order chi connectivity index (χ0) is 11.8. The molecule has 0 aliphatic rings. The molecule has 0 aromatic heterocycles. The van der Waals surface area contributed by atoms with Crippen LogP contribution >= 0.6 is 0 Å². The van der Waals surface area contributed by atoms with Crippen molar-refractivity contribution >= 4 is 5.91 Å². The molecule has 1 aromatic carbocycles. The van der Waals surface area contributed by atoms with E-state index in [4.69, 9.17) is 5.11 Å². The third kappa shape index (κ3) is 4.94. The molecule has 0 aliphatic carbocycles. The van der Waals surface area contributed by atoms with Gasteiger partial charge in [0.1, 0.15) is 0 Å². The summed E-state index contributed by atoms with van der Waals surface area (Å²) in [5, 5.41) is 11.4. The van der Waals surface area contributed by atoms with E-state index in [1.165, 1.54) is 11.1 Å². The van der Waals surface area contributed by atoms with Crippen molar-refractivity contribution in [2.75, 3.05) is 13.2 Å². The monoisotopic (exact) mass is 221 g/mol. The summed E-state index contributed by atoms with van der Waals surface area (Å²) < 4.78 is 0. The average Bonchev–Trinajstić information content (AvgIpc) is 2.29. The van der Waals surface area contributed by atoms with Crippen LogP contribution in [-0.4, -0.2) is 24.2 Å². The minimum absolute atomic E-state index is 0.0150. The van der Waals surface area contributed by atoms with Crippen LogP contribution in [0.3, 0.4) is 0 Å². The molecule has 0 aliphatic heterocycles. The van der Waals surface area contributed by atoms with Crippen molar-refractivity contribution < 1.29 is 9.90 Å². The summed E-state index contributed by atoms with van der Waals surface area (Å²) in [7, 11) is 0. The highest BCUT2D eigenvalue weighted by atomic mass is 16.3. The fourth-order valence-electron chi connectivity index (χ4n) is 1.43. The average molecular weight is 221 g/mol. The second-order valence-electron chi connectivity index (χ2n) is 3.91. The summed E-state index contributed by atoms with van der Waals surface area (Å²) in [6, 6.07) is 8.30. The van der Waals surface area contributed by atoms with Crippen LogP contribution in [-0.2, 0) is 11.2 Å². The van der Waals surface area contributed by atoms with Crippen molar-refractivity contribution in [2.45, 2.75) is 26.2 Å². The molecule has 0 spiro atoms. The van der Waals surface area contributed by atoms with Gasteiger partial charge in [0.2, 0.25) is 5.91 Å². The third-order valence-electron chi connectivity index (χ3n) is 2.42. The van der Waals surface area contributed by atoms with E-state index in [0.717, 1.165) is 6.42 Å². The molecule has 1 amide bonds. The molecule has 1 rings (SSSR count). The van der Waals surface area contributed by atoms with Gasteiger partial charge in [-0.25, -0.2) is 0 Å². The van der Waals surface area contributed by atoms with Crippen LogP contribution in [0.4, 0.5) is 0 Å². The zero-order valence-corrected chi connectivity index (χ0v) is 9.70. The molecule has 88 valence electrons. The first-order chi connectivity index (χ1) is 7.72. The van der Waals surface area contributed by atoms with E-state index in [9.17, 15) is 4.79 Å². The van der Waals surface area contributed by atoms with Gasteiger partial charge in [-0.05, 0) is 25.3 Å². The molecule has 0 fully saturated rings. The maximum Gasteiger partial charge on any atom is 0.220 e. The van der Waals surface area contributed by atoms with Crippen LogP contribution in [0, 0.1) is 6.92 Å². The summed E-state index contributed by atoms with van der Waals surface area (Å²) in [5.74, 6) is 0.0150. The van der Waals surface area contributed by atoms with Crippen LogP contribution in [0.5, 0.6) is 0 Å². The van der Waals surface area contributed by atoms with E-state index in [-0.39, 0.29) is 12.5 Å². The molecule has 0 saturated carbocycles. The van der Waals surface area contributed by atoms with Crippen LogP contribution < -0.4 is 5.32 Å². The highest BCUT2D eigenvalue weighted by molar-refractivity contribution is 5.75. The highest BCUT2D eigenvalue weighted by Gasteiger charge is 1.99. The molecule has 0 heterocycles. The first-order valence-electron chi connectivity index (χ1n) is 5.65. The molecule has 0 saturated heterocycles. The minimum Gasteiger partial charge on any atom is -0.396 e. The number of aliphatic hydroxyl groups is 1. The van der Waals surface area contributed by atoms with E-state index in [0.29, 0.717) is 19.4 Å². The van der Waals surface area contributed by atoms with Crippen LogP contribution in [0.1, 0.15) is 24.0 Å². The predicted molar refractivity (Wildman–Crippen MR) is 64.2 cm³/mol. The summed E-state index contributed by atoms with van der Waals surface area (Å²) in [6.45, 7) is 2.79. The van der Waals surface area contributed by atoms with Crippen molar-refractivity contribution in [2.24, 2.45) is 0 Å². The van der Waals surface area contributed by atoms with Gasteiger partial charge in [-0.1, -0.05) is 29.8 Å². The predicted octanol–water partition coefficient (Wildman–Crippen LogP) is 1.43. The van der Waals surface area contributed by atoms with E-state index in [2.05, 4.69) is 36.5 Å². The molecule has 2 N–H and O–H groups in total. The van der Waals surface area contributed by atoms with Gasteiger partial charge in [-0.15, -0.1) is 0 Å². The number of carbonyl (C=O) groups is 1. The lowest BCUT2D eigenvalue weighted by Crippen LogP contribution is -2.25. The Bertz CT molecular complexity index is 319. The third-order valence-corrected chi connectivity index (χ3v) is 2.42. The number of carbonyl (C=O) groups excluding carboxylic acids is 1. The van der Waals surface area contributed by atoms with Crippen LogP contribution in [0.25, 0.3) is 0 Å². The van der Waals surface area contributed by atoms with Crippen molar-refractivity contribution in [3.8, 4) is 0 Å². The number of hydrogen-bond acceptors (Lipinski definition) is 2. The molecule has 3 heteroatoms. The van der Waals surface area contributed by atoms with Crippen molar-refractivity contribution in [1.29, 1.82) is 0 Å². The zero-order valence-electron chi connectivity index (χ0n) is 9.70. The Balaban J connectivity index is 2.20. The number of benzene rings is 1. The largest absolute Gasteiger partial charge is 0.396 e. The standard InChI is InChI=1S/C13H19NO2/c1-11-4-6-12(7-5-11)8-9-14-13(16)3-2-10-15/h4-7,15H,2-3,8-10H2,1H3,(H,14,16). The normalized spacial score (nSPS) is 10.1. The van der Waals surface area contributed by atoms with E-state index < -0.39 is 0 Å². The topological polar surface area (TPSA) is 49.3 Å². The summed E-state index contributed by atoms with van der Waals surface area (Å²) >= 11 is 0. The number of amides is 1. The molecular formula is C13H19NO2. The maximum absolute atomic E-state index is 11.2. The van der Waals surface area contributed by atoms with Crippen molar-refractivity contribution in [3.05, 3.63) is 35.4 Å². The smallest absolute Gasteiger partial charge is 0.220 e. The van der Waals surface area contributed by atoms with Crippen molar-refractivity contribution in [1.82, 2.24) is 5.32 Å². The van der Waals surface area contributed by atoms with Gasteiger partial charge in [0.25, 0.3) is 0 Å². The van der Waals surface area contributed by atoms with Crippen LogP contribution in [0.15, 0.2) is 24.3 Å². The lowest BCUT2D eigenvalue weighted by molar-refractivity contribution is -0.121. The number of hydrogen-bond donors (Lipinski definition) is 2. The molecule has 0 unspecified atom stereocenters. The fourth-order valence-corrected chi connectivity index (χ4v) is 1.43. The summed E-state index contributed by atoms with van der Waals surface area (Å²) in [6.07, 6.45) is 1.80. The van der Waals surface area contributed by atoms with Gasteiger partial charge in [-0.2, -0.15) is 0 Å². The molecule has 0 radical (unpaired) electrons. The van der Waals surface area contributed by atoms with Crippen LogP contribution in [0.2, 0.25) is 0 Å². The van der Waals surface area contributed by atoms with Crippen molar-refractivity contribution in [3.63, 3.8) is 0 Å². The Morgan fingerprint density at radius 2 is 2.00 bits per heavy atom. The Kier molecular flexibility index (Phi) is 5.57. The molecule has 0 atom stereocenters. The number of nitrogens with one attached hydrogen (secondary N) is 1. The van der Waals surface area contributed by atoms with Gasteiger partial charge < -0.3 is 10.4 Å². The van der Waals surface area contributed by atoms with E-state index in [1.54, 1.807) is 0 Å². The van der Waals surface area contributed by atoms with Gasteiger partial charge in [0.15, 0.2) is 0 Å². The fraction of sp³-hybridized carbons (Fsp3) is 0.462. The second kappa shape index (κ2) is 7.01. The first-order valence-corrected chi connectivity index (χ1v) is 5.65. The Morgan fingerprint density at radius 3 is 2.62 bits per heavy atom.